The van der Waals surface area contributed by atoms with E-state index in [1.165, 1.54) is 289 Å². The second-order valence-electron chi connectivity index (χ2n) is 26.4. The van der Waals surface area contributed by atoms with Crippen LogP contribution < -0.4 is 5.32 Å². The average Bonchev–Trinajstić information content (AvgIpc) is 3.47. The normalized spacial score (nSPS) is 18.3. The van der Waals surface area contributed by atoms with Crippen LogP contribution >= 0.6 is 0 Å². The van der Waals surface area contributed by atoms with E-state index in [0.717, 1.165) is 64.2 Å². The number of hydrogen-bond acceptors (Lipinski definition) is 8. The maximum Gasteiger partial charge on any atom is 0.220 e. The van der Waals surface area contributed by atoms with Gasteiger partial charge in [0.1, 0.15) is 24.4 Å². The molecule has 0 bridgehead atoms. The summed E-state index contributed by atoms with van der Waals surface area (Å²) < 4.78 is 11.3. The van der Waals surface area contributed by atoms with E-state index in [2.05, 4.69) is 67.8 Å². The van der Waals surface area contributed by atoms with Crippen molar-refractivity contribution in [3.63, 3.8) is 0 Å². The molecule has 0 aliphatic carbocycles. The molecule has 0 saturated carbocycles. The van der Waals surface area contributed by atoms with Crippen molar-refractivity contribution in [1.82, 2.24) is 5.32 Å². The fraction of sp³-hybridized carbons (Fsp3) is 0.859. The number of ether oxygens (including phenoxy) is 2. The summed E-state index contributed by atoms with van der Waals surface area (Å²) in [4.78, 5) is 13.2. The van der Waals surface area contributed by atoms with Crippen molar-refractivity contribution >= 4 is 5.91 Å². The molecule has 0 aromatic carbocycles. The Morgan fingerprint density at radius 1 is 0.402 bits per heavy atom. The second kappa shape index (κ2) is 66.8. The Morgan fingerprint density at radius 3 is 1.06 bits per heavy atom. The monoisotopic (exact) mass is 1220 g/mol. The number of unbranched alkanes of at least 4 members (excludes halogenated alkanes) is 49. The van der Waals surface area contributed by atoms with E-state index in [4.69, 9.17) is 9.47 Å². The third-order valence-electron chi connectivity index (χ3n) is 18.1. The van der Waals surface area contributed by atoms with Gasteiger partial charge in [-0.15, -0.1) is 0 Å². The number of rotatable bonds is 67. The van der Waals surface area contributed by atoms with Gasteiger partial charge in [0, 0.05) is 6.42 Å². The summed E-state index contributed by atoms with van der Waals surface area (Å²) in [6, 6.07) is -0.807. The van der Waals surface area contributed by atoms with E-state index in [1.807, 2.05) is 6.08 Å². The molecule has 6 N–H and O–H groups in total. The molecule has 87 heavy (non-hydrogen) atoms. The summed E-state index contributed by atoms with van der Waals surface area (Å²) >= 11 is 0. The van der Waals surface area contributed by atoms with Crippen molar-refractivity contribution in [1.29, 1.82) is 0 Å². The van der Waals surface area contributed by atoms with E-state index < -0.39 is 49.5 Å². The number of carbonyl (C=O) groups is 1. The van der Waals surface area contributed by atoms with Crippen molar-refractivity contribution < 1.29 is 39.8 Å². The predicted octanol–water partition coefficient (Wildman–Crippen LogP) is 21.3. The molecule has 7 unspecified atom stereocenters. The summed E-state index contributed by atoms with van der Waals surface area (Å²) in [7, 11) is 0. The Balaban J connectivity index is 2.08. The molecule has 1 rings (SSSR count). The number of allylic oxidation sites excluding steroid dienone is 9. The molecule has 0 aromatic heterocycles. The summed E-state index contributed by atoms with van der Waals surface area (Å²) in [5.74, 6) is -0.170. The van der Waals surface area contributed by atoms with Crippen molar-refractivity contribution in [2.75, 3.05) is 13.2 Å². The van der Waals surface area contributed by atoms with Crippen molar-refractivity contribution in [2.45, 2.75) is 416 Å². The topological polar surface area (TPSA) is 149 Å². The molecule has 0 radical (unpaired) electrons. The van der Waals surface area contributed by atoms with Gasteiger partial charge < -0.3 is 40.3 Å². The largest absolute Gasteiger partial charge is 0.394 e. The van der Waals surface area contributed by atoms with E-state index in [1.54, 1.807) is 6.08 Å². The lowest BCUT2D eigenvalue weighted by Crippen LogP contribution is -2.60. The molecule has 7 atom stereocenters. The molecule has 1 amide bonds. The van der Waals surface area contributed by atoms with E-state index in [0.29, 0.717) is 6.42 Å². The predicted molar refractivity (Wildman–Crippen MR) is 373 cm³/mol. The first-order valence-corrected chi connectivity index (χ1v) is 38.0. The number of nitrogens with one attached hydrogen (secondary N) is 1. The zero-order valence-corrected chi connectivity index (χ0v) is 57.3. The summed E-state index contributed by atoms with van der Waals surface area (Å²) in [6.07, 6.45) is 86.4. The molecule has 1 fully saturated rings. The second-order valence-corrected chi connectivity index (χ2v) is 26.4. The molecule has 9 heteroatoms. The summed E-state index contributed by atoms with van der Waals surface area (Å²) in [5, 5.41) is 54.9. The quantitative estimate of drug-likeness (QED) is 0.0261. The first-order chi connectivity index (χ1) is 42.8. The van der Waals surface area contributed by atoms with Crippen molar-refractivity contribution in [3.8, 4) is 0 Å². The van der Waals surface area contributed by atoms with Gasteiger partial charge in [-0.25, -0.2) is 0 Å². The van der Waals surface area contributed by atoms with E-state index in [-0.39, 0.29) is 12.5 Å². The molecule has 1 aliphatic heterocycles. The Labute approximate surface area is 538 Å². The molecule has 1 aliphatic rings. The highest BCUT2D eigenvalue weighted by Gasteiger charge is 2.44. The molecule has 1 heterocycles. The van der Waals surface area contributed by atoms with Crippen LogP contribution in [0.2, 0.25) is 0 Å². The van der Waals surface area contributed by atoms with Gasteiger partial charge in [0.05, 0.1) is 25.4 Å². The van der Waals surface area contributed by atoms with E-state index in [9.17, 15) is 30.3 Å². The highest BCUT2D eigenvalue weighted by molar-refractivity contribution is 5.76. The first kappa shape index (κ1) is 82.9. The average molecular weight is 1230 g/mol. The minimum atomic E-state index is -1.57. The fourth-order valence-electron chi connectivity index (χ4n) is 12.2. The van der Waals surface area contributed by atoms with Gasteiger partial charge in [-0.3, -0.25) is 4.79 Å². The number of amides is 1. The zero-order valence-electron chi connectivity index (χ0n) is 57.3. The minimum Gasteiger partial charge on any atom is -0.394 e. The molecule has 9 nitrogen and oxygen atoms in total. The maximum atomic E-state index is 13.2. The molecule has 510 valence electrons. The zero-order chi connectivity index (χ0) is 62.8. The van der Waals surface area contributed by atoms with Gasteiger partial charge in [0.15, 0.2) is 6.29 Å². The lowest BCUT2D eigenvalue weighted by atomic mass is 9.99. The van der Waals surface area contributed by atoms with Crippen LogP contribution in [0.3, 0.4) is 0 Å². The van der Waals surface area contributed by atoms with Gasteiger partial charge in [0.25, 0.3) is 0 Å². The van der Waals surface area contributed by atoms with Crippen LogP contribution in [0.1, 0.15) is 373 Å². The van der Waals surface area contributed by atoms with Crippen LogP contribution in [-0.4, -0.2) is 87.5 Å². The summed E-state index contributed by atoms with van der Waals surface area (Å²) in [6.45, 7) is 3.72. The van der Waals surface area contributed by atoms with Crippen LogP contribution in [-0.2, 0) is 14.3 Å². The van der Waals surface area contributed by atoms with Gasteiger partial charge >= 0.3 is 0 Å². The fourth-order valence-corrected chi connectivity index (χ4v) is 12.2. The maximum absolute atomic E-state index is 13.2. The molecular weight excluding hydrogens is 1080 g/mol. The first-order valence-electron chi connectivity index (χ1n) is 38.0. The third-order valence-corrected chi connectivity index (χ3v) is 18.1. The Kier molecular flexibility index (Phi) is 63.7. The van der Waals surface area contributed by atoms with Crippen LogP contribution in [0.25, 0.3) is 0 Å². The molecule has 0 aromatic rings. The summed E-state index contributed by atoms with van der Waals surface area (Å²) in [5.41, 5.74) is 0. The number of aliphatic hydroxyl groups is 5. The van der Waals surface area contributed by atoms with E-state index >= 15 is 0 Å². The van der Waals surface area contributed by atoms with Gasteiger partial charge in [-0.05, 0) is 57.8 Å². The SMILES string of the molecule is CC/C=C\C/C=C\C/C=C\C/C=C\CCCCCCCCCCCCCCCCCCCCCCCCC(=O)NC(COC1OC(CO)C(O)C(O)C1O)C(O)/C=C/CCCCCCCCCCCCCCCCCCCCCCCCCCCCC. The van der Waals surface area contributed by atoms with Gasteiger partial charge in [-0.1, -0.05) is 370 Å². The Bertz CT molecular complexity index is 1560. The Hall–Kier alpha value is -2.11. The molecule has 0 spiro atoms. The van der Waals surface area contributed by atoms with Crippen LogP contribution in [0.15, 0.2) is 60.8 Å². The molecule has 1 saturated heterocycles. The number of carbonyl (C=O) groups excluding carboxylic acids is 1. The molecular formula is C78H145NO8. The lowest BCUT2D eigenvalue weighted by molar-refractivity contribution is -0.302. The van der Waals surface area contributed by atoms with Gasteiger partial charge in [-0.2, -0.15) is 0 Å². The lowest BCUT2D eigenvalue weighted by Gasteiger charge is -2.40. The highest BCUT2D eigenvalue weighted by atomic mass is 16.7. The van der Waals surface area contributed by atoms with Crippen molar-refractivity contribution in [3.05, 3.63) is 60.8 Å². The Morgan fingerprint density at radius 2 is 0.713 bits per heavy atom. The minimum absolute atomic E-state index is 0.170. The van der Waals surface area contributed by atoms with Crippen LogP contribution in [0.5, 0.6) is 0 Å². The standard InChI is InChI=1S/C78H145NO8/c1-3-5-7-9-11-13-15-17-19-21-23-25-27-29-31-33-34-35-36-37-38-40-42-44-46-48-50-52-54-56-58-60-62-64-66-68-74(82)79-71(70-86-78-77(85)76(84)75(83)73(69-80)87-78)72(81)67-65-63-61-59-57-55-53-51-49-47-45-43-41-39-32-30-28-26-24-22-20-18-16-14-12-10-8-6-4-2/h5,7,11,13,17,19,23,25,65,67,71-73,75-78,80-81,83-85H,3-4,6,8-10,12,14-16,18,20-22,24,26-64,66,68-70H2,1-2H3,(H,79,82)/b7-5-,13-11-,19-17-,25-23-,67-65+. The van der Waals surface area contributed by atoms with Crippen molar-refractivity contribution in [2.24, 2.45) is 0 Å². The highest BCUT2D eigenvalue weighted by Crippen LogP contribution is 2.24. The van der Waals surface area contributed by atoms with Crippen LogP contribution in [0.4, 0.5) is 0 Å². The smallest absolute Gasteiger partial charge is 0.220 e. The van der Waals surface area contributed by atoms with Gasteiger partial charge in [0.2, 0.25) is 5.91 Å². The third kappa shape index (κ3) is 55.3. The number of hydrogen-bond donors (Lipinski definition) is 6. The number of aliphatic hydroxyl groups excluding tert-OH is 5. The van der Waals surface area contributed by atoms with Crippen LogP contribution in [0, 0.1) is 0 Å².